The first-order valence-electron chi connectivity index (χ1n) is 13.4. The summed E-state index contributed by atoms with van der Waals surface area (Å²) >= 11 is 0. The Bertz CT molecular complexity index is 1520. The van der Waals surface area contributed by atoms with E-state index < -0.39 is 41.4 Å². The van der Waals surface area contributed by atoms with Crippen molar-refractivity contribution in [1.29, 1.82) is 0 Å². The van der Waals surface area contributed by atoms with E-state index in [1.807, 2.05) is 12.1 Å². The lowest BCUT2D eigenvalue weighted by molar-refractivity contribution is -0.513. The number of aliphatic imine (C=N–C) groups is 1. The molecule has 2 amide bonds. The minimum absolute atomic E-state index is 0.0234. The van der Waals surface area contributed by atoms with E-state index in [2.05, 4.69) is 50.0 Å². The summed E-state index contributed by atoms with van der Waals surface area (Å²) in [6, 6.07) is 6.00. The number of aromatic amines is 1. The fourth-order valence-electron chi connectivity index (χ4n) is 6.24. The van der Waals surface area contributed by atoms with Crippen molar-refractivity contribution in [3.63, 3.8) is 0 Å². The van der Waals surface area contributed by atoms with E-state index in [1.165, 1.54) is 12.1 Å². The molecule has 4 aliphatic rings. The Kier molecular flexibility index (Phi) is 6.13. The summed E-state index contributed by atoms with van der Waals surface area (Å²) < 4.78 is 5.92. The number of benzene rings is 1. The van der Waals surface area contributed by atoms with Crippen molar-refractivity contribution < 1.29 is 24.4 Å². The number of fused-ring (bicyclic) bond motifs is 1. The summed E-state index contributed by atoms with van der Waals surface area (Å²) in [5.41, 5.74) is 12.1. The van der Waals surface area contributed by atoms with Crippen LogP contribution < -0.4 is 42.7 Å². The molecule has 0 radical (unpaired) electrons. The molecule has 5 atom stereocenters. The molecule has 3 unspecified atom stereocenters. The molecule has 1 fully saturated rings. The summed E-state index contributed by atoms with van der Waals surface area (Å²) in [7, 11) is 0. The molecule has 1 spiro atoms. The molecule has 1 saturated heterocycles. The zero-order valence-electron chi connectivity index (χ0n) is 22.6. The zero-order valence-corrected chi connectivity index (χ0v) is 22.6. The number of aliphatic hydroxyl groups excluding tert-OH is 1. The highest BCUT2D eigenvalue weighted by atomic mass is 16.5. The van der Waals surface area contributed by atoms with E-state index in [4.69, 9.17) is 16.2 Å². The maximum Gasteiger partial charge on any atom is 0.343 e. The topological polar surface area (TPSA) is 227 Å². The number of aliphatic hydroxyl groups is 1. The molecule has 0 aliphatic carbocycles. The average Bonchev–Trinajstić information content (AvgIpc) is 3.43. The van der Waals surface area contributed by atoms with Crippen LogP contribution in [0, 0.1) is 0 Å². The molecule has 216 valence electrons. The maximum atomic E-state index is 13.5. The monoisotopic (exact) mass is 565 g/mol. The Labute approximate surface area is 234 Å². The van der Waals surface area contributed by atoms with Crippen LogP contribution in [-0.4, -0.2) is 93.5 Å². The van der Waals surface area contributed by atoms with E-state index in [0.29, 0.717) is 17.9 Å². The fourth-order valence-corrected chi connectivity index (χ4v) is 6.24. The van der Waals surface area contributed by atoms with Gasteiger partial charge in [-0.25, -0.2) is 15.4 Å². The first kappa shape index (κ1) is 26.6. The quantitative estimate of drug-likeness (QED) is 0.174. The number of hydrogen-bond donors (Lipinski definition) is 8. The number of amides is 2. The number of carbonyl (C=O) groups excluding carboxylic acids is 2. The first-order chi connectivity index (χ1) is 19.5. The highest BCUT2D eigenvalue weighted by Gasteiger charge is 2.68. The third-order valence-electron chi connectivity index (χ3n) is 8.40. The van der Waals surface area contributed by atoms with Gasteiger partial charge in [0.2, 0.25) is 5.66 Å². The number of H-pyrrole nitrogens is 1. The largest absolute Gasteiger partial charge is 0.492 e. The lowest BCUT2D eigenvalue weighted by atomic mass is 9.79. The second-order valence-corrected chi connectivity index (χ2v) is 11.4. The number of guanidine groups is 2. The molecule has 4 aliphatic heterocycles. The first-order valence-corrected chi connectivity index (χ1v) is 13.4. The fraction of sp³-hybridized carbons (Fsp3) is 0.462. The summed E-state index contributed by atoms with van der Waals surface area (Å²) in [4.78, 5) is 46.8. The number of rotatable bonds is 5. The Hall–Kier alpha value is -4.66. The molecule has 10 N–H and O–H groups in total. The highest BCUT2D eigenvalue weighted by Crippen LogP contribution is 2.41. The van der Waals surface area contributed by atoms with Crippen molar-refractivity contribution >= 4 is 23.7 Å². The van der Waals surface area contributed by atoms with Gasteiger partial charge in [0.15, 0.2) is 12.0 Å². The van der Waals surface area contributed by atoms with Gasteiger partial charge in [0.05, 0.1) is 18.2 Å². The van der Waals surface area contributed by atoms with Gasteiger partial charge >= 0.3 is 5.96 Å². The molecule has 41 heavy (non-hydrogen) atoms. The van der Waals surface area contributed by atoms with Crippen molar-refractivity contribution in [3.8, 4) is 5.75 Å². The van der Waals surface area contributed by atoms with Crippen LogP contribution in [0.2, 0.25) is 0 Å². The molecule has 6 rings (SSSR count). The third-order valence-corrected chi connectivity index (χ3v) is 8.40. The van der Waals surface area contributed by atoms with E-state index in [-0.39, 0.29) is 42.0 Å². The van der Waals surface area contributed by atoms with E-state index in [1.54, 1.807) is 11.0 Å². The minimum Gasteiger partial charge on any atom is -0.492 e. The van der Waals surface area contributed by atoms with Gasteiger partial charge in [0.25, 0.3) is 17.4 Å². The van der Waals surface area contributed by atoms with Crippen LogP contribution in [0.3, 0.4) is 0 Å². The van der Waals surface area contributed by atoms with Crippen molar-refractivity contribution in [2.75, 3.05) is 19.7 Å². The van der Waals surface area contributed by atoms with Gasteiger partial charge in [-0.1, -0.05) is 26.0 Å². The predicted molar refractivity (Wildman–Crippen MR) is 146 cm³/mol. The van der Waals surface area contributed by atoms with Gasteiger partial charge in [-0.05, 0) is 24.0 Å². The molecule has 0 bridgehead atoms. The minimum atomic E-state index is -1.24. The van der Waals surface area contributed by atoms with Crippen LogP contribution in [0.15, 0.2) is 40.1 Å². The molecular weight excluding hydrogens is 532 g/mol. The highest BCUT2D eigenvalue weighted by molar-refractivity contribution is 5.98. The summed E-state index contributed by atoms with van der Waals surface area (Å²) in [6.45, 7) is 4.92. The van der Waals surface area contributed by atoms with Gasteiger partial charge in [0, 0.05) is 24.7 Å². The van der Waals surface area contributed by atoms with Gasteiger partial charge in [0.1, 0.15) is 23.6 Å². The van der Waals surface area contributed by atoms with Crippen LogP contribution >= 0.6 is 0 Å². The number of aromatic nitrogens is 2. The van der Waals surface area contributed by atoms with Crippen LogP contribution in [0.25, 0.3) is 0 Å². The van der Waals surface area contributed by atoms with Gasteiger partial charge in [-0.15, -0.1) is 0 Å². The summed E-state index contributed by atoms with van der Waals surface area (Å²) in [5, 5.41) is 26.5. The number of nitrogens with zero attached hydrogens (tertiary/aromatic N) is 3. The molecular formula is C26H33N10O5+. The number of carbonyl (C=O) groups is 2. The number of nitrogens with two attached hydrogens (primary N) is 2. The van der Waals surface area contributed by atoms with Crippen LogP contribution in [0.5, 0.6) is 5.75 Å². The summed E-state index contributed by atoms with van der Waals surface area (Å²) in [5.74, 6) is -0.0447. The molecule has 1 aromatic heterocycles. The maximum absolute atomic E-state index is 13.5. The standard InChI is InChI=1S/C26H32N10O5/c1-25(2)8-9-41-18-12(4-3-5-13(18)25)21(39)30-16-11-36-24(28)31-15(19-26(36,20(16)38)33-23(27)32-19)10-29-22(40)14-6-7-17(37)35-34-14/h3-7,15-16,19-20,38H,8-11H2,1-2H3,(H2,28,31)(H,29,40)(H,30,39)(H,35,37)(H3,27,32,33)/p+1/t15-,16?,19?,20+,26?/m0/s1. The average molecular weight is 566 g/mol. The molecule has 2 aromatic rings. The van der Waals surface area contributed by atoms with Crippen molar-refractivity contribution in [3.05, 3.63) is 57.5 Å². The Morgan fingerprint density at radius 1 is 1.24 bits per heavy atom. The summed E-state index contributed by atoms with van der Waals surface area (Å²) in [6.07, 6.45) is -0.334. The molecule has 15 heteroatoms. The Morgan fingerprint density at radius 2 is 2.05 bits per heavy atom. The number of nitrogens with one attached hydrogen (secondary N) is 5. The van der Waals surface area contributed by atoms with Crippen LogP contribution in [0.4, 0.5) is 0 Å². The normalized spacial score (nSPS) is 29.1. The number of ether oxygens (including phenoxy) is 1. The molecule has 5 heterocycles. The van der Waals surface area contributed by atoms with Gasteiger partial charge in [-0.2, -0.15) is 5.10 Å². The van der Waals surface area contributed by atoms with Crippen LogP contribution in [-0.2, 0) is 5.41 Å². The predicted octanol–water partition coefficient (Wildman–Crippen LogP) is -4.20. The lowest BCUT2D eigenvalue weighted by Crippen LogP contribution is -2.88. The molecule has 0 saturated carbocycles. The van der Waals surface area contributed by atoms with Crippen molar-refractivity contribution in [1.82, 2.24) is 31.0 Å². The third kappa shape index (κ3) is 4.23. The van der Waals surface area contributed by atoms with E-state index in [9.17, 15) is 19.5 Å². The SMILES string of the molecule is CC1(C)CCOc2c(C(=O)NC3CN4C(N)=N[C@@H](CNC(=O)c5ccc(=O)[nH]n5)C5[NH+]=C(N)NC54[C@@H]3O)cccc21. The van der Waals surface area contributed by atoms with Gasteiger partial charge < -0.3 is 31.1 Å². The van der Waals surface area contributed by atoms with E-state index >= 15 is 0 Å². The van der Waals surface area contributed by atoms with E-state index in [0.717, 1.165) is 12.0 Å². The van der Waals surface area contributed by atoms with Crippen molar-refractivity contribution in [2.45, 2.75) is 55.6 Å². The molecule has 1 aromatic carbocycles. The van der Waals surface area contributed by atoms with Gasteiger partial charge in [-0.3, -0.25) is 25.1 Å². The molecule has 15 nitrogen and oxygen atoms in total. The van der Waals surface area contributed by atoms with Crippen molar-refractivity contribution in [2.24, 2.45) is 16.5 Å². The second kappa shape index (κ2) is 9.47. The van der Waals surface area contributed by atoms with Crippen LogP contribution in [0.1, 0.15) is 46.7 Å². The zero-order chi connectivity index (χ0) is 29.1. The Balaban J connectivity index is 1.23. The second-order valence-electron chi connectivity index (χ2n) is 11.4. The number of hydrogen-bond acceptors (Lipinski definition) is 11. The smallest absolute Gasteiger partial charge is 0.343 e. The number of para-hydroxylation sites is 1. The lowest BCUT2D eigenvalue weighted by Gasteiger charge is -2.43. The Morgan fingerprint density at radius 3 is 2.80 bits per heavy atom.